The highest BCUT2D eigenvalue weighted by Crippen LogP contribution is 2.29. The first-order valence-electron chi connectivity index (χ1n) is 4.78. The minimum absolute atomic E-state index is 0.293. The molecule has 0 amide bonds. The lowest BCUT2D eigenvalue weighted by molar-refractivity contribution is -0.143. The number of carbonyl (C=O) groups excluding carboxylic acids is 2. The highest BCUT2D eigenvalue weighted by atomic mass is 16.6. The molecule has 0 bridgehead atoms. The summed E-state index contributed by atoms with van der Waals surface area (Å²) in [6.45, 7) is 5.58. The second-order valence-electron chi connectivity index (χ2n) is 4.53. The molecule has 1 rings (SSSR count). The predicted molar refractivity (Wildman–Crippen MR) is 51.5 cm³/mol. The highest BCUT2D eigenvalue weighted by Gasteiger charge is 2.41. The van der Waals surface area contributed by atoms with E-state index < -0.39 is 7.12 Å². The molecule has 5 heteroatoms. The van der Waals surface area contributed by atoms with Gasteiger partial charge in [-0.25, -0.2) is 0 Å². The van der Waals surface area contributed by atoms with Crippen molar-refractivity contribution in [2.24, 2.45) is 0 Å². The Bertz CT molecular complexity index is 226. The third-order valence-electron chi connectivity index (χ3n) is 1.95. The summed E-state index contributed by atoms with van der Waals surface area (Å²) in [7, 11) is -0.761. The molecule has 1 saturated heterocycles. The van der Waals surface area contributed by atoms with Crippen LogP contribution in [0.5, 0.6) is 0 Å². The Kier molecular flexibility index (Phi) is 3.19. The van der Waals surface area contributed by atoms with E-state index in [1.165, 1.54) is 0 Å². The van der Waals surface area contributed by atoms with E-state index >= 15 is 0 Å². The first-order chi connectivity index (χ1) is 6.39. The Labute approximate surface area is 84.1 Å². The van der Waals surface area contributed by atoms with Gasteiger partial charge in [0, 0.05) is 18.2 Å². The van der Waals surface area contributed by atoms with Crippen LogP contribution in [-0.2, 0) is 18.9 Å². The van der Waals surface area contributed by atoms with Crippen molar-refractivity contribution in [3.8, 4) is 0 Å². The maximum Gasteiger partial charge on any atom is 0.604 e. The Morgan fingerprint density at radius 2 is 1.50 bits per heavy atom. The van der Waals surface area contributed by atoms with Crippen LogP contribution in [0, 0.1) is 0 Å². The van der Waals surface area contributed by atoms with E-state index in [1.54, 1.807) is 0 Å². The van der Waals surface area contributed by atoms with Gasteiger partial charge in [0.25, 0.3) is 11.9 Å². The Balaban J connectivity index is 2.70. The Morgan fingerprint density at radius 3 is 1.86 bits per heavy atom. The molecule has 4 nitrogen and oxygen atoms in total. The lowest BCUT2D eigenvalue weighted by atomic mass is 9.61. The molecule has 1 aliphatic heterocycles. The summed E-state index contributed by atoms with van der Waals surface area (Å²) >= 11 is 0. The van der Waals surface area contributed by atoms with E-state index in [2.05, 4.69) is 0 Å². The highest BCUT2D eigenvalue weighted by molar-refractivity contribution is 6.52. The maximum atomic E-state index is 11.2. The van der Waals surface area contributed by atoms with Crippen LogP contribution in [-0.4, -0.2) is 19.1 Å². The van der Waals surface area contributed by atoms with Crippen LogP contribution in [0.2, 0.25) is 5.31 Å². The van der Waals surface area contributed by atoms with E-state index in [-0.39, 0.29) is 17.3 Å². The summed E-state index contributed by atoms with van der Waals surface area (Å²) in [6.07, 6.45) is 1.10. The number of carbonyl (C=O) groups is 2. The van der Waals surface area contributed by atoms with Gasteiger partial charge in [0.15, 0.2) is 0 Å². The SMILES string of the molecule is CC(C)(C)B1OC(=O)CCCC(=O)O1. The zero-order valence-corrected chi connectivity index (χ0v) is 8.83. The van der Waals surface area contributed by atoms with E-state index in [0.717, 1.165) is 0 Å². The summed E-state index contributed by atoms with van der Waals surface area (Å²) in [4.78, 5) is 22.4. The van der Waals surface area contributed by atoms with Gasteiger partial charge in [-0.2, -0.15) is 0 Å². The number of rotatable bonds is 0. The molecular weight excluding hydrogens is 183 g/mol. The standard InChI is InChI=1S/C9H15BO4/c1-9(2,3)10-13-7(11)5-4-6-8(12)14-10/h4-6H2,1-3H3. The molecule has 0 radical (unpaired) electrons. The van der Waals surface area contributed by atoms with Crippen LogP contribution in [0.3, 0.4) is 0 Å². The molecule has 1 aliphatic rings. The second kappa shape index (κ2) is 4.03. The molecular formula is C9H15BO4. The third-order valence-corrected chi connectivity index (χ3v) is 1.95. The molecule has 0 atom stereocenters. The van der Waals surface area contributed by atoms with E-state index in [9.17, 15) is 9.59 Å². The van der Waals surface area contributed by atoms with Gasteiger partial charge in [0.05, 0.1) is 0 Å². The topological polar surface area (TPSA) is 52.6 Å². The minimum Gasteiger partial charge on any atom is -0.499 e. The van der Waals surface area contributed by atoms with Crippen molar-refractivity contribution in [3.63, 3.8) is 0 Å². The maximum absolute atomic E-state index is 11.2. The van der Waals surface area contributed by atoms with Gasteiger partial charge < -0.3 is 9.31 Å². The molecule has 0 aromatic carbocycles. The van der Waals surface area contributed by atoms with E-state index in [0.29, 0.717) is 19.3 Å². The first-order valence-corrected chi connectivity index (χ1v) is 4.78. The average molecular weight is 198 g/mol. The molecule has 0 spiro atoms. The Hall–Kier alpha value is -0.995. The number of hydrogen-bond donors (Lipinski definition) is 0. The average Bonchev–Trinajstić information content (AvgIpc) is 1.98. The Morgan fingerprint density at radius 1 is 1.07 bits per heavy atom. The molecule has 1 fully saturated rings. The van der Waals surface area contributed by atoms with Crippen LogP contribution in [0.4, 0.5) is 0 Å². The van der Waals surface area contributed by atoms with Crippen LogP contribution >= 0.6 is 0 Å². The molecule has 0 aliphatic carbocycles. The van der Waals surface area contributed by atoms with Crippen LogP contribution in [0.25, 0.3) is 0 Å². The van der Waals surface area contributed by atoms with Crippen molar-refractivity contribution in [2.75, 3.05) is 0 Å². The van der Waals surface area contributed by atoms with Crippen molar-refractivity contribution in [2.45, 2.75) is 45.3 Å². The fourth-order valence-electron chi connectivity index (χ4n) is 1.11. The van der Waals surface area contributed by atoms with Gasteiger partial charge in [0.1, 0.15) is 0 Å². The molecule has 0 aromatic rings. The molecule has 0 saturated carbocycles. The smallest absolute Gasteiger partial charge is 0.499 e. The van der Waals surface area contributed by atoms with Gasteiger partial charge in [-0.3, -0.25) is 9.59 Å². The third kappa shape index (κ3) is 3.05. The largest absolute Gasteiger partial charge is 0.604 e. The van der Waals surface area contributed by atoms with Gasteiger partial charge >= 0.3 is 7.12 Å². The van der Waals surface area contributed by atoms with Gasteiger partial charge in [0.2, 0.25) is 0 Å². The van der Waals surface area contributed by atoms with Crippen molar-refractivity contribution in [1.82, 2.24) is 0 Å². The molecule has 14 heavy (non-hydrogen) atoms. The first kappa shape index (κ1) is 11.1. The summed E-state index contributed by atoms with van der Waals surface area (Å²) in [5, 5.41) is -0.372. The number of hydrogen-bond acceptors (Lipinski definition) is 4. The quantitative estimate of drug-likeness (QED) is 0.554. The zero-order valence-electron chi connectivity index (χ0n) is 8.83. The monoisotopic (exact) mass is 198 g/mol. The fourth-order valence-corrected chi connectivity index (χ4v) is 1.11. The molecule has 1 heterocycles. The summed E-state index contributed by atoms with van der Waals surface area (Å²) < 4.78 is 10.1. The van der Waals surface area contributed by atoms with Crippen molar-refractivity contribution < 1.29 is 18.9 Å². The van der Waals surface area contributed by atoms with Gasteiger partial charge in [-0.15, -0.1) is 0 Å². The summed E-state index contributed by atoms with van der Waals surface area (Å²) in [6, 6.07) is 0. The minimum atomic E-state index is -0.761. The van der Waals surface area contributed by atoms with Crippen molar-refractivity contribution >= 4 is 19.1 Å². The second-order valence-corrected chi connectivity index (χ2v) is 4.53. The molecule has 78 valence electrons. The van der Waals surface area contributed by atoms with Gasteiger partial charge in [-0.1, -0.05) is 20.8 Å². The lowest BCUT2D eigenvalue weighted by Crippen LogP contribution is -2.38. The summed E-state index contributed by atoms with van der Waals surface area (Å²) in [5.41, 5.74) is 0. The lowest BCUT2D eigenvalue weighted by Gasteiger charge is -2.26. The summed E-state index contributed by atoms with van der Waals surface area (Å²) in [5.74, 6) is -0.588. The normalized spacial score (nSPS) is 19.5. The molecule has 0 unspecified atom stereocenters. The van der Waals surface area contributed by atoms with Crippen LogP contribution in [0.15, 0.2) is 0 Å². The van der Waals surface area contributed by atoms with E-state index in [4.69, 9.17) is 9.31 Å². The predicted octanol–water partition coefficient (Wildman–Crippen LogP) is 1.54. The zero-order chi connectivity index (χ0) is 10.8. The molecule has 0 aromatic heterocycles. The van der Waals surface area contributed by atoms with Gasteiger partial charge in [-0.05, 0) is 6.42 Å². The van der Waals surface area contributed by atoms with Crippen LogP contribution < -0.4 is 0 Å². The van der Waals surface area contributed by atoms with E-state index in [1.807, 2.05) is 20.8 Å². The van der Waals surface area contributed by atoms with Crippen LogP contribution in [0.1, 0.15) is 40.0 Å². The van der Waals surface area contributed by atoms with Crippen molar-refractivity contribution in [1.29, 1.82) is 0 Å². The molecule has 0 N–H and O–H groups in total. The van der Waals surface area contributed by atoms with Crippen molar-refractivity contribution in [3.05, 3.63) is 0 Å². The fraction of sp³-hybridized carbons (Fsp3) is 0.778.